The molecular formula is C30H35N3O7S. The molecule has 0 fully saturated rings. The lowest BCUT2D eigenvalue weighted by molar-refractivity contribution is -0.614. The smallest absolute Gasteiger partial charge is 0.335 e. The number of nitrogens with two attached hydrogens (primary N) is 1. The number of ketones is 1. The van der Waals surface area contributed by atoms with Gasteiger partial charge in [0.05, 0.1) is 29.5 Å². The number of hydrogen-bond acceptors (Lipinski definition) is 7. The third-order valence-electron chi connectivity index (χ3n) is 6.78. The Morgan fingerprint density at radius 3 is 2.41 bits per heavy atom. The molecule has 1 amide bonds. The van der Waals surface area contributed by atoms with E-state index in [1.165, 1.54) is 30.5 Å². The molecule has 0 aliphatic heterocycles. The lowest BCUT2D eigenvalue weighted by atomic mass is 9.99. The van der Waals surface area contributed by atoms with E-state index < -0.39 is 33.4 Å². The second kappa shape index (κ2) is 14.5. The molecule has 0 radical (unpaired) electrons. The summed E-state index contributed by atoms with van der Waals surface area (Å²) in [5, 5.41) is 23.7. The van der Waals surface area contributed by atoms with E-state index in [1.807, 2.05) is 25.1 Å². The highest BCUT2D eigenvalue weighted by atomic mass is 32.2. The van der Waals surface area contributed by atoms with E-state index in [2.05, 4.69) is 5.32 Å². The molecule has 4 N–H and O–H groups in total. The Labute approximate surface area is 239 Å². The molecule has 0 saturated heterocycles. The van der Waals surface area contributed by atoms with Gasteiger partial charge in [0.25, 0.3) is 0 Å². The van der Waals surface area contributed by atoms with Gasteiger partial charge in [0.1, 0.15) is 0 Å². The van der Waals surface area contributed by atoms with Crippen LogP contribution in [0.1, 0.15) is 51.1 Å². The second-order valence-electron chi connectivity index (χ2n) is 10.0. The highest BCUT2D eigenvalue weighted by Crippen LogP contribution is 2.17. The first-order valence-electron chi connectivity index (χ1n) is 13.2. The molecule has 41 heavy (non-hydrogen) atoms. The van der Waals surface area contributed by atoms with E-state index in [1.54, 1.807) is 18.2 Å². The fraction of sp³-hybridized carbons (Fsp3) is 0.333. The number of aryl methyl sites for hydroxylation is 3. The van der Waals surface area contributed by atoms with Gasteiger partial charge >= 0.3 is 5.97 Å². The Hall–Kier alpha value is -4.09. The minimum atomic E-state index is -3.81. The first kappa shape index (κ1) is 31.4. The zero-order valence-electron chi connectivity index (χ0n) is 22.9. The van der Waals surface area contributed by atoms with Crippen molar-refractivity contribution in [1.82, 2.24) is 5.32 Å². The zero-order valence-corrected chi connectivity index (χ0v) is 23.7. The highest BCUT2D eigenvalue weighted by Gasteiger charge is 2.27. The van der Waals surface area contributed by atoms with Crippen molar-refractivity contribution in [2.24, 2.45) is 11.7 Å². The van der Waals surface area contributed by atoms with Crippen LogP contribution in [0.15, 0.2) is 66.9 Å². The van der Waals surface area contributed by atoms with Crippen LogP contribution >= 0.6 is 0 Å². The Morgan fingerprint density at radius 1 is 1.02 bits per heavy atom. The average molecular weight is 582 g/mol. The van der Waals surface area contributed by atoms with Crippen molar-refractivity contribution < 1.29 is 32.6 Å². The van der Waals surface area contributed by atoms with Gasteiger partial charge in [-0.1, -0.05) is 42.0 Å². The molecule has 11 heteroatoms. The van der Waals surface area contributed by atoms with E-state index in [4.69, 9.17) is 10.8 Å². The predicted octanol–water partition coefficient (Wildman–Crippen LogP) is 2.27. The van der Waals surface area contributed by atoms with Crippen molar-refractivity contribution in [3.05, 3.63) is 106 Å². The third kappa shape index (κ3) is 9.80. The quantitative estimate of drug-likeness (QED) is 0.181. The molecule has 0 bridgehead atoms. The zero-order chi connectivity index (χ0) is 30.0. The minimum Gasteiger partial charge on any atom is -0.619 e. The summed E-state index contributed by atoms with van der Waals surface area (Å²) in [5.41, 5.74) is 9.58. The number of rotatable bonds is 15. The Balaban J connectivity index is 1.66. The first-order valence-corrected chi connectivity index (χ1v) is 15.1. The van der Waals surface area contributed by atoms with Gasteiger partial charge in [-0.05, 0) is 48.6 Å². The van der Waals surface area contributed by atoms with Crippen molar-refractivity contribution in [3.8, 4) is 0 Å². The minimum absolute atomic E-state index is 0.0310. The van der Waals surface area contributed by atoms with Crippen molar-refractivity contribution in [2.75, 3.05) is 12.3 Å². The van der Waals surface area contributed by atoms with Crippen LogP contribution in [-0.4, -0.2) is 43.5 Å². The van der Waals surface area contributed by atoms with Crippen molar-refractivity contribution >= 4 is 27.5 Å². The maximum Gasteiger partial charge on any atom is 0.335 e. The molecule has 2 aromatic carbocycles. The second-order valence-corrected chi connectivity index (χ2v) is 12.2. The van der Waals surface area contributed by atoms with Crippen LogP contribution in [0.4, 0.5) is 0 Å². The number of pyridine rings is 1. The van der Waals surface area contributed by atoms with Gasteiger partial charge in [-0.15, -0.1) is 0 Å². The summed E-state index contributed by atoms with van der Waals surface area (Å²) in [7, 11) is -3.81. The number of nitrogens with zero attached hydrogens (tertiary/aromatic N) is 1. The SMILES string of the molecule is Cc1ccc(CN)c(CCC(=O)CNC(=O)C(CCc2cccc[n+]2[O-])CS(=O)(=O)Cc2ccc(C(=O)O)cc2)c1. The lowest BCUT2D eigenvalue weighted by Crippen LogP contribution is -2.39. The maximum absolute atomic E-state index is 13.1. The predicted molar refractivity (Wildman–Crippen MR) is 154 cm³/mol. The van der Waals surface area contributed by atoms with E-state index in [0.29, 0.717) is 29.0 Å². The number of sulfone groups is 1. The standard InChI is InChI=1S/C30H35N3O7S/c1-21-5-8-25(17-31)24(16-21)12-14-28(34)18-32-29(35)26(11-13-27-4-2-3-15-33(27)38)20-41(39,40)19-22-6-9-23(10-7-22)30(36)37/h2-10,15-16,26H,11-14,17-20,31H2,1H3,(H,32,35)(H,36,37). The molecule has 1 unspecified atom stereocenters. The van der Waals surface area contributed by atoms with Gasteiger partial charge in [0.2, 0.25) is 5.91 Å². The Bertz CT molecular complexity index is 1490. The number of carboxylic acid groups (broad SMARTS) is 1. The number of carbonyl (C=O) groups is 3. The third-order valence-corrected chi connectivity index (χ3v) is 8.46. The molecule has 1 aromatic heterocycles. The van der Waals surface area contributed by atoms with Crippen LogP contribution in [0, 0.1) is 18.0 Å². The Morgan fingerprint density at radius 2 is 1.76 bits per heavy atom. The summed E-state index contributed by atoms with van der Waals surface area (Å²) in [6.07, 6.45) is 2.22. The Kier molecular flexibility index (Phi) is 11.1. The molecule has 1 heterocycles. The van der Waals surface area contributed by atoms with Gasteiger partial charge in [-0.2, -0.15) is 4.73 Å². The van der Waals surface area contributed by atoms with Crippen LogP contribution in [0.2, 0.25) is 0 Å². The number of hydrogen-bond donors (Lipinski definition) is 3. The molecule has 0 saturated carbocycles. The highest BCUT2D eigenvalue weighted by molar-refractivity contribution is 7.90. The molecule has 218 valence electrons. The fourth-order valence-corrected chi connectivity index (χ4v) is 6.26. The molecule has 3 aromatic rings. The number of carboxylic acids is 1. The maximum atomic E-state index is 13.1. The van der Waals surface area contributed by atoms with Gasteiger partial charge in [-0.25, -0.2) is 13.2 Å². The molecule has 0 aliphatic rings. The van der Waals surface area contributed by atoms with Crippen LogP contribution in [0.5, 0.6) is 0 Å². The summed E-state index contributed by atoms with van der Waals surface area (Å²) in [6, 6.07) is 16.2. The van der Waals surface area contributed by atoms with Gasteiger partial charge in [0.15, 0.2) is 27.5 Å². The van der Waals surface area contributed by atoms with E-state index in [0.717, 1.165) is 16.7 Å². The number of amides is 1. The lowest BCUT2D eigenvalue weighted by Gasteiger charge is -2.17. The topological polar surface area (TPSA) is 171 Å². The number of aromatic nitrogens is 1. The van der Waals surface area contributed by atoms with Crippen molar-refractivity contribution in [3.63, 3.8) is 0 Å². The number of aromatic carboxylic acids is 1. The molecule has 10 nitrogen and oxygen atoms in total. The number of Topliss-reactive ketones (excluding diaryl/α,β-unsaturated/α-hetero) is 1. The summed E-state index contributed by atoms with van der Waals surface area (Å²) in [4.78, 5) is 36.8. The summed E-state index contributed by atoms with van der Waals surface area (Å²) >= 11 is 0. The van der Waals surface area contributed by atoms with Crippen LogP contribution in [-0.2, 0) is 44.6 Å². The summed E-state index contributed by atoms with van der Waals surface area (Å²) in [6.45, 7) is 2.06. The molecule has 1 atom stereocenters. The number of nitrogens with one attached hydrogen (secondary N) is 1. The number of carbonyl (C=O) groups excluding carboxylic acids is 2. The molecular weight excluding hydrogens is 546 g/mol. The largest absolute Gasteiger partial charge is 0.619 e. The van der Waals surface area contributed by atoms with Gasteiger partial charge in [0, 0.05) is 31.5 Å². The average Bonchev–Trinajstić information content (AvgIpc) is 2.93. The number of benzene rings is 2. The van der Waals surface area contributed by atoms with E-state index in [9.17, 15) is 28.0 Å². The summed E-state index contributed by atoms with van der Waals surface area (Å²) < 4.78 is 26.8. The van der Waals surface area contributed by atoms with Gasteiger partial charge < -0.3 is 21.4 Å². The van der Waals surface area contributed by atoms with E-state index >= 15 is 0 Å². The normalized spacial score (nSPS) is 12.0. The fourth-order valence-electron chi connectivity index (χ4n) is 4.51. The first-order chi connectivity index (χ1) is 19.5. The van der Waals surface area contributed by atoms with Crippen molar-refractivity contribution in [1.29, 1.82) is 0 Å². The monoisotopic (exact) mass is 581 g/mol. The van der Waals surface area contributed by atoms with E-state index in [-0.39, 0.29) is 42.9 Å². The summed E-state index contributed by atoms with van der Waals surface area (Å²) in [5.74, 6) is -3.81. The van der Waals surface area contributed by atoms with Gasteiger partial charge in [-0.3, -0.25) is 9.59 Å². The van der Waals surface area contributed by atoms with Crippen molar-refractivity contribution in [2.45, 2.75) is 44.9 Å². The van der Waals surface area contributed by atoms with Crippen LogP contribution in [0.25, 0.3) is 0 Å². The van der Waals surface area contributed by atoms with Crippen LogP contribution < -0.4 is 15.8 Å². The molecule has 3 rings (SSSR count). The van der Waals surface area contributed by atoms with Crippen LogP contribution in [0.3, 0.4) is 0 Å². The molecule has 0 spiro atoms. The molecule has 0 aliphatic carbocycles.